The van der Waals surface area contributed by atoms with Gasteiger partial charge in [0.05, 0.1) is 0 Å². The van der Waals surface area contributed by atoms with Crippen molar-refractivity contribution in [2.75, 3.05) is 0 Å². The van der Waals surface area contributed by atoms with E-state index in [0.717, 1.165) is 16.8 Å². The maximum atomic E-state index is 4.53. The normalized spacial score (nSPS) is 23.3. The van der Waals surface area contributed by atoms with Gasteiger partial charge in [0, 0.05) is 16.6 Å². The lowest BCUT2D eigenvalue weighted by Crippen LogP contribution is -1.75. The van der Waals surface area contributed by atoms with E-state index in [-0.39, 0.29) is 0 Å². The number of nitrogens with zero attached hydrogens (tertiary/aromatic N) is 1. The van der Waals surface area contributed by atoms with Crippen molar-refractivity contribution in [3.8, 4) is 10.6 Å². The molecule has 1 heterocycles. The van der Waals surface area contributed by atoms with Crippen LogP contribution in [0.1, 0.15) is 30.6 Å². The topological polar surface area (TPSA) is 12.9 Å². The number of benzene rings is 1. The van der Waals surface area contributed by atoms with Crippen LogP contribution in [0.4, 0.5) is 0 Å². The summed E-state index contributed by atoms with van der Waals surface area (Å²) in [4.78, 5) is 6.01. The molecule has 1 saturated carbocycles. The molecule has 1 fully saturated rings. The van der Waals surface area contributed by atoms with Crippen molar-refractivity contribution in [3.05, 3.63) is 41.4 Å². The standard InChI is InChI=1S/C14H15NS/c1-2-10-8-12(10)13-9-15-14(16-13)11-6-4-3-5-7-11/h3-7,9-10,12H,2,8H2,1H3/t10-,12-/m0/s1. The molecule has 0 spiro atoms. The Hall–Kier alpha value is -1.15. The molecule has 0 amide bonds. The van der Waals surface area contributed by atoms with E-state index < -0.39 is 0 Å². The smallest absolute Gasteiger partial charge is 0.123 e. The van der Waals surface area contributed by atoms with Crippen LogP contribution in [0.2, 0.25) is 0 Å². The van der Waals surface area contributed by atoms with Crippen molar-refractivity contribution in [1.82, 2.24) is 4.98 Å². The van der Waals surface area contributed by atoms with Crippen LogP contribution in [-0.4, -0.2) is 4.98 Å². The minimum atomic E-state index is 0.806. The first-order valence-corrected chi connectivity index (χ1v) is 6.71. The highest BCUT2D eigenvalue weighted by atomic mass is 32.1. The zero-order valence-electron chi connectivity index (χ0n) is 9.39. The minimum Gasteiger partial charge on any atom is -0.244 e. The van der Waals surface area contributed by atoms with Gasteiger partial charge in [-0.1, -0.05) is 43.7 Å². The fraction of sp³-hybridized carbons (Fsp3) is 0.357. The lowest BCUT2D eigenvalue weighted by atomic mass is 10.2. The lowest BCUT2D eigenvalue weighted by molar-refractivity contribution is 0.770. The Morgan fingerprint density at radius 2 is 2.12 bits per heavy atom. The van der Waals surface area contributed by atoms with Crippen molar-refractivity contribution < 1.29 is 0 Å². The third-order valence-electron chi connectivity index (χ3n) is 3.36. The Kier molecular flexibility index (Phi) is 2.52. The highest BCUT2D eigenvalue weighted by Crippen LogP contribution is 2.51. The summed E-state index contributed by atoms with van der Waals surface area (Å²) in [6.07, 6.45) is 4.75. The third-order valence-corrected chi connectivity index (χ3v) is 4.54. The van der Waals surface area contributed by atoms with Crippen molar-refractivity contribution in [2.45, 2.75) is 25.7 Å². The minimum absolute atomic E-state index is 0.806. The molecule has 0 bridgehead atoms. The third kappa shape index (κ3) is 1.78. The van der Waals surface area contributed by atoms with Crippen molar-refractivity contribution >= 4 is 11.3 Å². The summed E-state index contributed by atoms with van der Waals surface area (Å²) in [5.41, 5.74) is 1.24. The molecule has 2 atom stereocenters. The first-order valence-electron chi connectivity index (χ1n) is 5.89. The molecule has 0 N–H and O–H groups in total. The summed E-state index contributed by atoms with van der Waals surface area (Å²) in [5, 5.41) is 1.16. The van der Waals surface area contributed by atoms with Gasteiger partial charge in [-0.3, -0.25) is 0 Å². The van der Waals surface area contributed by atoms with Crippen molar-refractivity contribution in [2.24, 2.45) is 5.92 Å². The Morgan fingerprint density at radius 1 is 1.31 bits per heavy atom. The van der Waals surface area contributed by atoms with Crippen LogP contribution in [0.25, 0.3) is 10.6 Å². The molecule has 1 aliphatic carbocycles. The van der Waals surface area contributed by atoms with E-state index in [1.54, 1.807) is 0 Å². The molecule has 2 heteroatoms. The average molecular weight is 229 g/mol. The molecule has 1 aliphatic rings. The maximum absolute atomic E-state index is 4.53. The first kappa shape index (κ1) is 10.0. The zero-order valence-corrected chi connectivity index (χ0v) is 10.2. The second kappa shape index (κ2) is 4.02. The summed E-state index contributed by atoms with van der Waals surface area (Å²) in [5.74, 6) is 1.73. The van der Waals surface area contributed by atoms with Gasteiger partial charge in [-0.2, -0.15) is 0 Å². The van der Waals surface area contributed by atoms with Gasteiger partial charge in [-0.25, -0.2) is 4.98 Å². The van der Waals surface area contributed by atoms with E-state index in [4.69, 9.17) is 0 Å². The van der Waals surface area contributed by atoms with Crippen LogP contribution in [0.5, 0.6) is 0 Å². The molecule has 0 unspecified atom stereocenters. The van der Waals surface area contributed by atoms with Crippen LogP contribution >= 0.6 is 11.3 Å². The number of hydrogen-bond acceptors (Lipinski definition) is 2. The molecule has 0 saturated heterocycles. The van der Waals surface area contributed by atoms with Crippen LogP contribution in [0, 0.1) is 5.92 Å². The number of hydrogen-bond donors (Lipinski definition) is 0. The van der Waals surface area contributed by atoms with Gasteiger partial charge in [0.2, 0.25) is 0 Å². The van der Waals surface area contributed by atoms with E-state index in [1.165, 1.54) is 23.3 Å². The monoisotopic (exact) mass is 229 g/mol. The first-order chi connectivity index (χ1) is 7.88. The highest BCUT2D eigenvalue weighted by Gasteiger charge is 2.37. The van der Waals surface area contributed by atoms with E-state index >= 15 is 0 Å². The molecule has 2 aromatic rings. The number of thiazole rings is 1. The molecule has 1 aromatic heterocycles. The molecule has 1 nitrogen and oxygen atoms in total. The van der Waals surface area contributed by atoms with E-state index in [0.29, 0.717) is 0 Å². The maximum Gasteiger partial charge on any atom is 0.123 e. The van der Waals surface area contributed by atoms with Crippen LogP contribution in [-0.2, 0) is 0 Å². The summed E-state index contributed by atoms with van der Waals surface area (Å²) in [7, 11) is 0. The Labute approximate surface area is 100 Å². The second-order valence-corrected chi connectivity index (χ2v) is 5.51. The van der Waals surface area contributed by atoms with E-state index in [9.17, 15) is 0 Å². The van der Waals surface area contributed by atoms with Gasteiger partial charge in [0.25, 0.3) is 0 Å². The quantitative estimate of drug-likeness (QED) is 0.763. The van der Waals surface area contributed by atoms with Crippen molar-refractivity contribution in [1.29, 1.82) is 0 Å². The number of aromatic nitrogens is 1. The molecule has 82 valence electrons. The summed E-state index contributed by atoms with van der Waals surface area (Å²) < 4.78 is 0. The molecule has 0 radical (unpaired) electrons. The van der Waals surface area contributed by atoms with Crippen LogP contribution in [0.3, 0.4) is 0 Å². The van der Waals surface area contributed by atoms with Crippen molar-refractivity contribution in [3.63, 3.8) is 0 Å². The van der Waals surface area contributed by atoms with Crippen LogP contribution in [0.15, 0.2) is 36.5 Å². The molecular formula is C14H15NS. The predicted molar refractivity (Wildman–Crippen MR) is 68.7 cm³/mol. The highest BCUT2D eigenvalue weighted by molar-refractivity contribution is 7.15. The fourth-order valence-corrected chi connectivity index (χ4v) is 3.35. The second-order valence-electron chi connectivity index (χ2n) is 4.44. The SMILES string of the molecule is CC[C@H]1C[C@@H]1c1cnc(-c2ccccc2)s1. The summed E-state index contributed by atoms with van der Waals surface area (Å²) in [6.45, 7) is 2.28. The Morgan fingerprint density at radius 3 is 2.81 bits per heavy atom. The van der Waals surface area contributed by atoms with E-state index in [1.807, 2.05) is 17.4 Å². The summed E-state index contributed by atoms with van der Waals surface area (Å²) >= 11 is 1.86. The largest absolute Gasteiger partial charge is 0.244 e. The van der Waals surface area contributed by atoms with E-state index in [2.05, 4.69) is 42.4 Å². The molecule has 3 rings (SSSR count). The Bertz CT molecular complexity index is 474. The molecule has 1 aromatic carbocycles. The van der Waals surface area contributed by atoms with Gasteiger partial charge >= 0.3 is 0 Å². The van der Waals surface area contributed by atoms with Gasteiger partial charge in [-0.05, 0) is 18.3 Å². The zero-order chi connectivity index (χ0) is 11.0. The molecule has 0 aliphatic heterocycles. The fourth-order valence-electron chi connectivity index (χ4n) is 2.22. The predicted octanol–water partition coefficient (Wildman–Crippen LogP) is 4.32. The number of rotatable bonds is 3. The Balaban J connectivity index is 1.84. The average Bonchev–Trinajstić information content (AvgIpc) is 2.98. The van der Waals surface area contributed by atoms with Gasteiger partial charge in [0.15, 0.2) is 0 Å². The van der Waals surface area contributed by atoms with Crippen LogP contribution < -0.4 is 0 Å². The van der Waals surface area contributed by atoms with Gasteiger partial charge < -0.3 is 0 Å². The lowest BCUT2D eigenvalue weighted by Gasteiger charge is -1.93. The van der Waals surface area contributed by atoms with Gasteiger partial charge in [-0.15, -0.1) is 11.3 Å². The molecule has 16 heavy (non-hydrogen) atoms. The molecular weight excluding hydrogens is 214 g/mol. The van der Waals surface area contributed by atoms with Gasteiger partial charge in [0.1, 0.15) is 5.01 Å². The summed E-state index contributed by atoms with van der Waals surface area (Å²) in [6, 6.07) is 10.5.